The van der Waals surface area contributed by atoms with Gasteiger partial charge in [0.15, 0.2) is 0 Å². The van der Waals surface area contributed by atoms with E-state index in [1.54, 1.807) is 0 Å². The number of nitrogens with one attached hydrogen (secondary N) is 1. The molecule has 2 rings (SSSR count). The van der Waals surface area contributed by atoms with E-state index in [0.717, 1.165) is 17.1 Å². The highest BCUT2D eigenvalue weighted by Crippen LogP contribution is 2.33. The second-order valence-corrected chi connectivity index (χ2v) is 7.10. The van der Waals surface area contributed by atoms with Gasteiger partial charge in [-0.2, -0.15) is 4.31 Å². The van der Waals surface area contributed by atoms with E-state index in [4.69, 9.17) is 0 Å². The smallest absolute Gasteiger partial charge is 0.247 e. The predicted molar refractivity (Wildman–Crippen MR) is 60.4 cm³/mol. The third kappa shape index (κ3) is 2.35. The van der Waals surface area contributed by atoms with Gasteiger partial charge in [0.05, 0.1) is 12.3 Å². The fraction of sp³-hybridized carbons (Fsp3) is 0.800. The van der Waals surface area contributed by atoms with E-state index in [2.05, 4.69) is 5.32 Å². The number of sulfonamides is 1. The van der Waals surface area contributed by atoms with E-state index in [9.17, 15) is 18.0 Å². The van der Waals surface area contributed by atoms with E-state index in [0.29, 0.717) is 0 Å². The maximum absolute atomic E-state index is 12.1. The summed E-state index contributed by atoms with van der Waals surface area (Å²) in [7, 11) is -3.54. The highest BCUT2D eigenvalue weighted by molar-refractivity contribution is 7.89. The number of nitrogens with zero attached hydrogens (tertiary/aromatic N) is 1. The average molecular weight is 260 g/mol. The zero-order valence-corrected chi connectivity index (χ0v) is 10.7. The topological polar surface area (TPSA) is 83.6 Å². The normalized spacial score (nSPS) is 25.8. The maximum Gasteiger partial charge on any atom is 0.247 e. The molecule has 1 saturated heterocycles. The van der Waals surface area contributed by atoms with Crippen LogP contribution in [0.3, 0.4) is 0 Å². The minimum atomic E-state index is -3.54. The molecule has 0 atom stereocenters. The van der Waals surface area contributed by atoms with Gasteiger partial charge < -0.3 is 0 Å². The van der Waals surface area contributed by atoms with Crippen LogP contribution in [0.5, 0.6) is 0 Å². The Kier molecular flexibility index (Phi) is 2.78. The van der Waals surface area contributed by atoms with Crippen molar-refractivity contribution < 1.29 is 18.0 Å². The number of hydrogen-bond acceptors (Lipinski definition) is 4. The summed E-state index contributed by atoms with van der Waals surface area (Å²) >= 11 is 0. The monoisotopic (exact) mass is 260 g/mol. The van der Waals surface area contributed by atoms with Gasteiger partial charge in [-0.3, -0.25) is 14.9 Å². The summed E-state index contributed by atoms with van der Waals surface area (Å²) in [5.74, 6) is -0.894. The summed E-state index contributed by atoms with van der Waals surface area (Å²) in [5, 5.41) is 2.16. The van der Waals surface area contributed by atoms with Gasteiger partial charge in [0.2, 0.25) is 21.8 Å². The van der Waals surface area contributed by atoms with Gasteiger partial charge in [0, 0.05) is 0 Å². The molecule has 0 bridgehead atoms. The fourth-order valence-electron chi connectivity index (χ4n) is 1.88. The van der Waals surface area contributed by atoms with Crippen molar-refractivity contribution in [1.82, 2.24) is 9.62 Å². The Bertz CT molecular complexity index is 465. The highest BCUT2D eigenvalue weighted by atomic mass is 32.2. The van der Waals surface area contributed by atoms with Gasteiger partial charge in [-0.05, 0) is 32.6 Å². The van der Waals surface area contributed by atoms with Gasteiger partial charge in [0.25, 0.3) is 0 Å². The summed E-state index contributed by atoms with van der Waals surface area (Å²) in [4.78, 5) is 22.9. The number of carbonyl (C=O) groups is 2. The Labute approximate surface area is 100 Å². The zero-order chi connectivity index (χ0) is 12.8. The third-order valence-corrected chi connectivity index (χ3v) is 5.35. The Morgan fingerprint density at radius 3 is 2.47 bits per heavy atom. The molecule has 2 fully saturated rings. The summed E-state index contributed by atoms with van der Waals surface area (Å²) in [6, 6.07) is 0. The van der Waals surface area contributed by atoms with Gasteiger partial charge in [-0.1, -0.05) is 0 Å². The van der Waals surface area contributed by atoms with Crippen LogP contribution in [0.15, 0.2) is 0 Å². The maximum atomic E-state index is 12.1. The van der Waals surface area contributed by atoms with Crippen molar-refractivity contribution in [3.8, 4) is 0 Å². The molecular weight excluding hydrogens is 244 g/mol. The Balaban J connectivity index is 2.27. The Hall–Kier alpha value is -0.950. The Morgan fingerprint density at radius 1 is 1.35 bits per heavy atom. The molecule has 0 aromatic rings. The Morgan fingerprint density at radius 2 is 1.94 bits per heavy atom. The fourth-order valence-corrected chi connectivity index (χ4v) is 4.08. The van der Waals surface area contributed by atoms with E-state index in [-0.39, 0.29) is 18.2 Å². The van der Waals surface area contributed by atoms with E-state index < -0.39 is 27.4 Å². The van der Waals surface area contributed by atoms with E-state index in [1.165, 1.54) is 13.8 Å². The predicted octanol–water partition coefficient (Wildman–Crippen LogP) is -0.537. The SMILES string of the molecule is CC1(C)C(=O)NC(=O)CN1S(=O)(=O)CC1CC1. The summed E-state index contributed by atoms with van der Waals surface area (Å²) in [5.41, 5.74) is -1.19. The first-order valence-electron chi connectivity index (χ1n) is 5.58. The molecule has 0 unspecified atom stereocenters. The van der Waals surface area contributed by atoms with Crippen molar-refractivity contribution >= 4 is 21.8 Å². The van der Waals surface area contributed by atoms with Crippen LogP contribution in [0.2, 0.25) is 0 Å². The van der Waals surface area contributed by atoms with Crippen molar-refractivity contribution in [2.75, 3.05) is 12.3 Å². The second-order valence-electron chi connectivity index (χ2n) is 5.16. The molecule has 0 radical (unpaired) electrons. The molecule has 6 nitrogen and oxygen atoms in total. The van der Waals surface area contributed by atoms with Gasteiger partial charge >= 0.3 is 0 Å². The highest BCUT2D eigenvalue weighted by Gasteiger charge is 2.48. The van der Waals surface area contributed by atoms with Gasteiger partial charge in [-0.25, -0.2) is 8.42 Å². The van der Waals surface area contributed by atoms with Crippen molar-refractivity contribution in [3.05, 3.63) is 0 Å². The van der Waals surface area contributed by atoms with Crippen molar-refractivity contribution in [2.24, 2.45) is 5.92 Å². The molecule has 1 aliphatic carbocycles. The molecule has 0 aromatic heterocycles. The van der Waals surface area contributed by atoms with E-state index >= 15 is 0 Å². The van der Waals surface area contributed by atoms with Crippen LogP contribution in [0.4, 0.5) is 0 Å². The first-order valence-corrected chi connectivity index (χ1v) is 7.19. The minimum absolute atomic E-state index is 0.0387. The summed E-state index contributed by atoms with van der Waals surface area (Å²) in [6.07, 6.45) is 1.82. The first kappa shape index (κ1) is 12.5. The molecule has 1 heterocycles. The third-order valence-electron chi connectivity index (χ3n) is 3.20. The lowest BCUT2D eigenvalue weighted by Crippen LogP contribution is -2.65. The molecule has 1 N–H and O–H groups in total. The van der Waals surface area contributed by atoms with Gasteiger partial charge in [0.1, 0.15) is 5.54 Å². The lowest BCUT2D eigenvalue weighted by atomic mass is 10.0. The average Bonchev–Trinajstić information content (AvgIpc) is 2.94. The molecule has 2 amide bonds. The molecule has 0 spiro atoms. The molecule has 0 aromatic carbocycles. The number of carbonyl (C=O) groups excluding carboxylic acids is 2. The van der Waals surface area contributed by atoms with Crippen molar-refractivity contribution in [2.45, 2.75) is 32.2 Å². The largest absolute Gasteiger partial charge is 0.294 e. The van der Waals surface area contributed by atoms with Crippen LogP contribution in [-0.4, -0.2) is 42.4 Å². The molecular formula is C10H16N2O4S. The van der Waals surface area contributed by atoms with Crippen LogP contribution >= 0.6 is 0 Å². The first-order chi connectivity index (χ1) is 7.73. The molecule has 1 aliphatic heterocycles. The number of hydrogen-bond donors (Lipinski definition) is 1. The quantitative estimate of drug-likeness (QED) is 0.691. The van der Waals surface area contributed by atoms with Crippen molar-refractivity contribution in [1.29, 1.82) is 0 Å². The number of amides is 2. The van der Waals surface area contributed by atoms with Crippen LogP contribution in [0, 0.1) is 5.92 Å². The molecule has 96 valence electrons. The summed E-state index contributed by atoms with van der Waals surface area (Å²) < 4.78 is 25.3. The molecule has 1 saturated carbocycles. The zero-order valence-electron chi connectivity index (χ0n) is 9.89. The van der Waals surface area contributed by atoms with E-state index in [1.807, 2.05) is 0 Å². The van der Waals surface area contributed by atoms with Crippen LogP contribution in [0.1, 0.15) is 26.7 Å². The lowest BCUT2D eigenvalue weighted by Gasteiger charge is -2.38. The van der Waals surface area contributed by atoms with Crippen LogP contribution in [0.25, 0.3) is 0 Å². The molecule has 17 heavy (non-hydrogen) atoms. The molecule has 2 aliphatic rings. The molecule has 7 heteroatoms. The lowest BCUT2D eigenvalue weighted by molar-refractivity contribution is -0.141. The number of piperazine rings is 1. The number of imide groups is 1. The minimum Gasteiger partial charge on any atom is -0.294 e. The standard InChI is InChI=1S/C10H16N2O4S/c1-10(2)9(14)11-8(13)5-12(10)17(15,16)6-7-3-4-7/h7H,3-6H2,1-2H3,(H,11,13,14). The number of rotatable bonds is 3. The van der Waals surface area contributed by atoms with Gasteiger partial charge in [-0.15, -0.1) is 0 Å². The van der Waals surface area contributed by atoms with Crippen LogP contribution in [-0.2, 0) is 19.6 Å². The van der Waals surface area contributed by atoms with Crippen molar-refractivity contribution in [3.63, 3.8) is 0 Å². The second kappa shape index (κ2) is 3.78. The summed E-state index contributed by atoms with van der Waals surface area (Å²) in [6.45, 7) is 2.76. The van der Waals surface area contributed by atoms with Crippen LogP contribution < -0.4 is 5.32 Å².